The monoisotopic (exact) mass is 216 g/mol. The Hall–Kier alpha value is -1.04. The molecule has 0 saturated heterocycles. The zero-order valence-corrected chi connectivity index (χ0v) is 10.3. The van der Waals surface area contributed by atoms with Crippen molar-refractivity contribution in [2.24, 2.45) is 0 Å². The van der Waals surface area contributed by atoms with Crippen molar-refractivity contribution in [2.75, 3.05) is 0 Å². The van der Waals surface area contributed by atoms with E-state index in [1.807, 2.05) is 0 Å². The van der Waals surface area contributed by atoms with Gasteiger partial charge in [-0.3, -0.25) is 0 Å². The number of allylic oxidation sites excluding steroid dienone is 8. The van der Waals surface area contributed by atoms with Crippen LogP contribution in [0, 0.1) is 0 Å². The maximum absolute atomic E-state index is 2.27. The molecule has 0 unspecified atom stereocenters. The maximum atomic E-state index is 2.27. The lowest BCUT2D eigenvalue weighted by Gasteiger charge is -1.99. The van der Waals surface area contributed by atoms with Gasteiger partial charge in [0.25, 0.3) is 0 Å². The summed E-state index contributed by atoms with van der Waals surface area (Å²) in [5.74, 6) is 0. The van der Waals surface area contributed by atoms with Crippen LogP contribution in [0.2, 0.25) is 0 Å². The average molecular weight is 216 g/mol. The molecule has 0 N–H and O–H groups in total. The number of hydrogen-bond acceptors (Lipinski definition) is 0. The molecular weight excluding hydrogens is 192 g/mol. The third kappa shape index (κ3) is 8.28. The highest BCUT2D eigenvalue weighted by Gasteiger charge is 1.89. The predicted molar refractivity (Wildman–Crippen MR) is 73.5 cm³/mol. The first kappa shape index (κ1) is 13.0. The standard InChI is InChI=1S/C16H24/c1-2-4-6-8-10-12-14-16-15-13-11-9-7-5-3-1/h1-8H,9-16H2/b3-1-,4-2?,7-5-,8-6?. The molecule has 0 heterocycles. The second kappa shape index (κ2) is 10.5. The zero-order valence-electron chi connectivity index (χ0n) is 10.3. The molecule has 1 aliphatic carbocycles. The van der Waals surface area contributed by atoms with Crippen LogP contribution in [0.1, 0.15) is 51.4 Å². The minimum atomic E-state index is 1.23. The van der Waals surface area contributed by atoms with E-state index in [1.165, 1.54) is 51.4 Å². The van der Waals surface area contributed by atoms with E-state index in [0.29, 0.717) is 0 Å². The van der Waals surface area contributed by atoms with E-state index in [9.17, 15) is 0 Å². The van der Waals surface area contributed by atoms with Gasteiger partial charge in [0.1, 0.15) is 0 Å². The molecule has 0 atom stereocenters. The van der Waals surface area contributed by atoms with Gasteiger partial charge in [-0.25, -0.2) is 0 Å². The third-order valence-electron chi connectivity index (χ3n) is 2.82. The molecule has 0 radical (unpaired) electrons. The fraction of sp³-hybridized carbons (Fsp3) is 0.500. The quantitative estimate of drug-likeness (QED) is 0.512. The van der Waals surface area contributed by atoms with E-state index in [1.54, 1.807) is 0 Å². The molecule has 0 fully saturated rings. The SMILES string of the molecule is C1=C/C=C\C=C/CCCCCCCCC=C1. The Bertz CT molecular complexity index is 225. The third-order valence-corrected chi connectivity index (χ3v) is 2.82. The summed E-state index contributed by atoms with van der Waals surface area (Å²) in [6.45, 7) is 0. The summed E-state index contributed by atoms with van der Waals surface area (Å²) in [5, 5.41) is 0. The van der Waals surface area contributed by atoms with E-state index in [0.717, 1.165) is 0 Å². The van der Waals surface area contributed by atoms with Crippen LogP contribution in [-0.2, 0) is 0 Å². The maximum Gasteiger partial charge on any atom is -0.0348 e. The van der Waals surface area contributed by atoms with Crippen LogP contribution in [-0.4, -0.2) is 0 Å². The predicted octanol–water partition coefficient (Wildman–Crippen LogP) is 5.35. The van der Waals surface area contributed by atoms with Crippen molar-refractivity contribution in [1.82, 2.24) is 0 Å². The fourth-order valence-corrected chi connectivity index (χ4v) is 1.84. The van der Waals surface area contributed by atoms with Gasteiger partial charge in [0.05, 0.1) is 0 Å². The van der Waals surface area contributed by atoms with Crippen LogP contribution in [0.15, 0.2) is 48.6 Å². The topological polar surface area (TPSA) is 0 Å². The summed E-state index contributed by atoms with van der Waals surface area (Å²) >= 11 is 0. The first-order chi connectivity index (χ1) is 8.00. The van der Waals surface area contributed by atoms with Gasteiger partial charge in [-0.2, -0.15) is 0 Å². The summed E-state index contributed by atoms with van der Waals surface area (Å²) in [7, 11) is 0. The highest BCUT2D eigenvalue weighted by Crippen LogP contribution is 2.09. The van der Waals surface area contributed by atoms with Crippen LogP contribution in [0.4, 0.5) is 0 Å². The van der Waals surface area contributed by atoms with Crippen molar-refractivity contribution >= 4 is 0 Å². The Labute approximate surface area is 100 Å². The molecular formula is C16H24. The lowest BCUT2D eigenvalue weighted by molar-refractivity contribution is 0.600. The van der Waals surface area contributed by atoms with Gasteiger partial charge in [-0.05, 0) is 25.7 Å². The lowest BCUT2D eigenvalue weighted by atomic mass is 10.1. The van der Waals surface area contributed by atoms with Gasteiger partial charge in [0.15, 0.2) is 0 Å². The molecule has 0 aromatic carbocycles. The molecule has 16 heavy (non-hydrogen) atoms. The highest BCUT2D eigenvalue weighted by atomic mass is 14.0. The van der Waals surface area contributed by atoms with Crippen molar-refractivity contribution in [3.8, 4) is 0 Å². The van der Waals surface area contributed by atoms with E-state index in [4.69, 9.17) is 0 Å². The van der Waals surface area contributed by atoms with Crippen LogP contribution >= 0.6 is 0 Å². The summed E-state index contributed by atoms with van der Waals surface area (Å²) in [4.78, 5) is 0. The summed E-state index contributed by atoms with van der Waals surface area (Å²) in [6, 6.07) is 0. The van der Waals surface area contributed by atoms with Crippen molar-refractivity contribution < 1.29 is 0 Å². The van der Waals surface area contributed by atoms with Gasteiger partial charge in [0.2, 0.25) is 0 Å². The molecule has 0 spiro atoms. The molecule has 0 aliphatic heterocycles. The highest BCUT2D eigenvalue weighted by molar-refractivity contribution is 5.15. The number of rotatable bonds is 0. The molecule has 1 rings (SSSR count). The Kier molecular flexibility index (Phi) is 8.53. The van der Waals surface area contributed by atoms with Crippen LogP contribution in [0.25, 0.3) is 0 Å². The van der Waals surface area contributed by atoms with Crippen molar-refractivity contribution in [2.45, 2.75) is 51.4 Å². The molecule has 0 bridgehead atoms. The minimum Gasteiger partial charge on any atom is -0.0845 e. The zero-order chi connectivity index (χ0) is 11.3. The Morgan fingerprint density at radius 3 is 1.25 bits per heavy atom. The molecule has 0 nitrogen and oxygen atoms in total. The van der Waals surface area contributed by atoms with E-state index < -0.39 is 0 Å². The molecule has 0 heteroatoms. The molecule has 0 aromatic heterocycles. The van der Waals surface area contributed by atoms with Gasteiger partial charge in [-0.15, -0.1) is 0 Å². The summed E-state index contributed by atoms with van der Waals surface area (Å²) < 4.78 is 0. The van der Waals surface area contributed by atoms with Crippen molar-refractivity contribution in [3.63, 3.8) is 0 Å². The second-order valence-corrected chi connectivity index (χ2v) is 4.32. The van der Waals surface area contributed by atoms with Crippen LogP contribution < -0.4 is 0 Å². The van der Waals surface area contributed by atoms with Crippen LogP contribution in [0.3, 0.4) is 0 Å². The summed E-state index contributed by atoms with van der Waals surface area (Å²) in [6.07, 6.45) is 28.0. The van der Waals surface area contributed by atoms with Crippen molar-refractivity contribution in [1.29, 1.82) is 0 Å². The van der Waals surface area contributed by atoms with Gasteiger partial charge < -0.3 is 0 Å². The Balaban J connectivity index is 2.31. The van der Waals surface area contributed by atoms with Gasteiger partial charge in [0, 0.05) is 0 Å². The minimum absolute atomic E-state index is 1.23. The normalized spacial score (nSPS) is 24.0. The fourth-order valence-electron chi connectivity index (χ4n) is 1.84. The molecule has 1 aliphatic rings. The van der Waals surface area contributed by atoms with Gasteiger partial charge >= 0.3 is 0 Å². The Morgan fingerprint density at radius 1 is 0.375 bits per heavy atom. The van der Waals surface area contributed by atoms with E-state index >= 15 is 0 Å². The molecule has 88 valence electrons. The van der Waals surface area contributed by atoms with Gasteiger partial charge in [-0.1, -0.05) is 74.3 Å². The molecule has 0 saturated carbocycles. The average Bonchev–Trinajstić information content (AvgIpc) is 2.29. The smallest absolute Gasteiger partial charge is 0.0348 e. The molecule has 0 amide bonds. The Morgan fingerprint density at radius 2 is 0.750 bits per heavy atom. The first-order valence-corrected chi connectivity index (χ1v) is 6.65. The largest absolute Gasteiger partial charge is 0.0845 e. The van der Waals surface area contributed by atoms with Crippen molar-refractivity contribution in [3.05, 3.63) is 48.6 Å². The number of hydrogen-bond donors (Lipinski definition) is 0. The summed E-state index contributed by atoms with van der Waals surface area (Å²) in [5.41, 5.74) is 0. The first-order valence-electron chi connectivity index (χ1n) is 6.65. The van der Waals surface area contributed by atoms with Crippen LogP contribution in [0.5, 0.6) is 0 Å². The van der Waals surface area contributed by atoms with E-state index in [2.05, 4.69) is 48.6 Å². The molecule has 0 aromatic rings. The second-order valence-electron chi connectivity index (χ2n) is 4.32. The lowest BCUT2D eigenvalue weighted by Crippen LogP contribution is -1.79. The van der Waals surface area contributed by atoms with E-state index in [-0.39, 0.29) is 0 Å².